The van der Waals surface area contributed by atoms with Gasteiger partial charge in [0, 0.05) is 5.69 Å². The molecular formula is C7H10N2. The first-order valence-corrected chi connectivity index (χ1v) is 2.92. The lowest BCUT2D eigenvalue weighted by Crippen LogP contribution is -2.10. The molecule has 9 heavy (non-hydrogen) atoms. The van der Waals surface area contributed by atoms with Crippen LogP contribution in [0.2, 0.25) is 0 Å². The van der Waals surface area contributed by atoms with Gasteiger partial charge in [0.05, 0.1) is 6.67 Å². The number of nitrogens with one attached hydrogen (secondary N) is 1. The van der Waals surface area contributed by atoms with Crippen LogP contribution >= 0.6 is 0 Å². The first-order chi connectivity index (χ1) is 4.43. The van der Waals surface area contributed by atoms with Crippen LogP contribution in [0.15, 0.2) is 30.3 Å². The molecule has 48 valence electrons. The van der Waals surface area contributed by atoms with Gasteiger partial charge in [-0.3, -0.25) is 0 Å². The molecule has 0 unspecified atom stereocenters. The molecule has 0 atom stereocenters. The summed E-state index contributed by atoms with van der Waals surface area (Å²) < 4.78 is 0. The van der Waals surface area contributed by atoms with E-state index in [1.165, 1.54) is 0 Å². The monoisotopic (exact) mass is 122 g/mol. The van der Waals surface area contributed by atoms with Crippen molar-refractivity contribution in [1.29, 1.82) is 0 Å². The van der Waals surface area contributed by atoms with Crippen molar-refractivity contribution in [3.8, 4) is 0 Å². The van der Waals surface area contributed by atoms with E-state index in [0.717, 1.165) is 5.69 Å². The van der Waals surface area contributed by atoms with Gasteiger partial charge in [-0.2, -0.15) is 0 Å². The molecule has 0 saturated heterocycles. The van der Waals surface area contributed by atoms with Crippen LogP contribution in [0.1, 0.15) is 0 Å². The van der Waals surface area contributed by atoms with E-state index in [-0.39, 0.29) is 0 Å². The number of benzene rings is 1. The highest BCUT2D eigenvalue weighted by Crippen LogP contribution is 2.02. The lowest BCUT2D eigenvalue weighted by molar-refractivity contribution is 1.14. The van der Waals surface area contributed by atoms with Crippen LogP contribution in [-0.2, 0) is 0 Å². The molecule has 0 radical (unpaired) electrons. The average Bonchev–Trinajstić information content (AvgIpc) is 1.91. The fraction of sp³-hybridized carbons (Fsp3) is 0.143. The molecule has 0 spiro atoms. The van der Waals surface area contributed by atoms with Crippen molar-refractivity contribution in [3.63, 3.8) is 0 Å². The van der Waals surface area contributed by atoms with Crippen LogP contribution in [0.25, 0.3) is 0 Å². The van der Waals surface area contributed by atoms with E-state index in [1.807, 2.05) is 30.3 Å². The van der Waals surface area contributed by atoms with Gasteiger partial charge >= 0.3 is 0 Å². The van der Waals surface area contributed by atoms with Crippen LogP contribution in [0.3, 0.4) is 0 Å². The minimum Gasteiger partial charge on any atom is -0.373 e. The van der Waals surface area contributed by atoms with E-state index in [1.54, 1.807) is 0 Å². The first kappa shape index (κ1) is 6.11. The van der Waals surface area contributed by atoms with Crippen LogP contribution in [-0.4, -0.2) is 6.67 Å². The lowest BCUT2D eigenvalue weighted by atomic mass is 10.3. The molecule has 0 saturated carbocycles. The van der Waals surface area contributed by atoms with E-state index < -0.39 is 0 Å². The number of nitrogens with two attached hydrogens (primary N) is 1. The third kappa shape index (κ3) is 1.74. The maximum absolute atomic E-state index is 5.25. The van der Waals surface area contributed by atoms with Gasteiger partial charge in [-0.05, 0) is 12.1 Å². The fourth-order valence-electron chi connectivity index (χ4n) is 0.674. The predicted octanol–water partition coefficient (Wildman–Crippen LogP) is 1.01. The highest BCUT2D eigenvalue weighted by Gasteiger charge is 1.81. The summed E-state index contributed by atoms with van der Waals surface area (Å²) in [6, 6.07) is 9.87. The number of rotatable bonds is 2. The molecule has 0 aliphatic carbocycles. The van der Waals surface area contributed by atoms with Crippen LogP contribution < -0.4 is 11.1 Å². The normalized spacial score (nSPS) is 9.00. The van der Waals surface area contributed by atoms with Crippen molar-refractivity contribution >= 4 is 5.69 Å². The molecular weight excluding hydrogens is 112 g/mol. The van der Waals surface area contributed by atoms with E-state index in [9.17, 15) is 0 Å². The van der Waals surface area contributed by atoms with Crippen molar-refractivity contribution in [2.24, 2.45) is 5.73 Å². The smallest absolute Gasteiger partial charge is 0.0628 e. The van der Waals surface area contributed by atoms with E-state index in [2.05, 4.69) is 5.32 Å². The third-order valence-corrected chi connectivity index (χ3v) is 1.08. The second-order valence-corrected chi connectivity index (χ2v) is 1.75. The molecule has 0 bridgehead atoms. The Labute approximate surface area is 54.7 Å². The van der Waals surface area contributed by atoms with Crippen molar-refractivity contribution in [3.05, 3.63) is 30.3 Å². The summed E-state index contributed by atoms with van der Waals surface area (Å²) in [5.74, 6) is 0. The highest BCUT2D eigenvalue weighted by atomic mass is 15.0. The summed E-state index contributed by atoms with van der Waals surface area (Å²) in [5, 5.41) is 2.99. The third-order valence-electron chi connectivity index (χ3n) is 1.08. The predicted molar refractivity (Wildman–Crippen MR) is 39.1 cm³/mol. The van der Waals surface area contributed by atoms with Gasteiger partial charge < -0.3 is 11.1 Å². The topological polar surface area (TPSA) is 38.0 Å². The maximum atomic E-state index is 5.25. The van der Waals surface area contributed by atoms with Gasteiger partial charge in [0.2, 0.25) is 0 Å². The maximum Gasteiger partial charge on any atom is 0.0628 e. The van der Waals surface area contributed by atoms with Crippen molar-refractivity contribution in [2.75, 3.05) is 12.0 Å². The van der Waals surface area contributed by atoms with Crippen LogP contribution in [0, 0.1) is 0 Å². The second-order valence-electron chi connectivity index (χ2n) is 1.75. The summed E-state index contributed by atoms with van der Waals surface area (Å²) >= 11 is 0. The average molecular weight is 122 g/mol. The minimum atomic E-state index is 0.490. The SMILES string of the molecule is NCNc1ccccc1. The molecule has 0 fully saturated rings. The molecule has 1 aromatic rings. The van der Waals surface area contributed by atoms with E-state index >= 15 is 0 Å². The molecule has 2 heteroatoms. The van der Waals surface area contributed by atoms with Crippen LogP contribution in [0.5, 0.6) is 0 Å². The Bertz CT molecular complexity index is 160. The number of para-hydroxylation sites is 1. The number of anilines is 1. The molecule has 3 N–H and O–H groups in total. The summed E-state index contributed by atoms with van der Waals surface area (Å²) in [6.45, 7) is 0.490. The summed E-state index contributed by atoms with van der Waals surface area (Å²) in [7, 11) is 0. The Kier molecular flexibility index (Phi) is 2.10. The molecule has 0 aliphatic heterocycles. The molecule has 0 heterocycles. The van der Waals surface area contributed by atoms with Crippen molar-refractivity contribution in [1.82, 2.24) is 0 Å². The van der Waals surface area contributed by atoms with Crippen molar-refractivity contribution in [2.45, 2.75) is 0 Å². The Balaban J connectivity index is 2.61. The number of hydrogen-bond donors (Lipinski definition) is 2. The standard InChI is InChI=1S/C7H10N2/c8-6-9-7-4-2-1-3-5-7/h1-5,9H,6,8H2. The van der Waals surface area contributed by atoms with Gasteiger partial charge in [0.1, 0.15) is 0 Å². The summed E-state index contributed by atoms with van der Waals surface area (Å²) in [5.41, 5.74) is 6.32. The summed E-state index contributed by atoms with van der Waals surface area (Å²) in [4.78, 5) is 0. The van der Waals surface area contributed by atoms with Gasteiger partial charge in [0.25, 0.3) is 0 Å². The molecule has 0 aliphatic rings. The molecule has 2 nitrogen and oxygen atoms in total. The Morgan fingerprint density at radius 1 is 1.22 bits per heavy atom. The van der Waals surface area contributed by atoms with Gasteiger partial charge in [0.15, 0.2) is 0 Å². The minimum absolute atomic E-state index is 0.490. The molecule has 1 rings (SSSR count). The Morgan fingerprint density at radius 2 is 1.89 bits per heavy atom. The van der Waals surface area contributed by atoms with Gasteiger partial charge in [-0.15, -0.1) is 0 Å². The Morgan fingerprint density at radius 3 is 2.44 bits per heavy atom. The van der Waals surface area contributed by atoms with Gasteiger partial charge in [-0.1, -0.05) is 18.2 Å². The number of hydrogen-bond acceptors (Lipinski definition) is 2. The van der Waals surface area contributed by atoms with Gasteiger partial charge in [-0.25, -0.2) is 0 Å². The molecule has 0 aromatic heterocycles. The van der Waals surface area contributed by atoms with E-state index in [4.69, 9.17) is 5.73 Å². The zero-order valence-electron chi connectivity index (χ0n) is 5.17. The molecule has 1 aromatic carbocycles. The fourth-order valence-corrected chi connectivity index (χ4v) is 0.674. The highest BCUT2D eigenvalue weighted by molar-refractivity contribution is 5.41. The Hall–Kier alpha value is -1.02. The summed E-state index contributed by atoms with van der Waals surface area (Å²) in [6.07, 6.45) is 0. The molecule has 0 amide bonds. The zero-order chi connectivity index (χ0) is 6.53. The zero-order valence-corrected chi connectivity index (χ0v) is 5.17. The quantitative estimate of drug-likeness (QED) is 0.574. The lowest BCUT2D eigenvalue weighted by Gasteiger charge is -1.99. The van der Waals surface area contributed by atoms with E-state index in [0.29, 0.717) is 6.67 Å². The largest absolute Gasteiger partial charge is 0.373 e. The van der Waals surface area contributed by atoms with Crippen LogP contribution in [0.4, 0.5) is 5.69 Å². The second kappa shape index (κ2) is 3.10. The van der Waals surface area contributed by atoms with Crippen molar-refractivity contribution < 1.29 is 0 Å². The first-order valence-electron chi connectivity index (χ1n) is 2.92.